The van der Waals surface area contributed by atoms with E-state index in [-0.39, 0.29) is 23.8 Å². The third-order valence-electron chi connectivity index (χ3n) is 4.36. The van der Waals surface area contributed by atoms with Gasteiger partial charge in [0.05, 0.1) is 23.4 Å². The third kappa shape index (κ3) is 3.14. The van der Waals surface area contributed by atoms with Crippen LogP contribution in [0.5, 0.6) is 0 Å². The van der Waals surface area contributed by atoms with Gasteiger partial charge in [-0.3, -0.25) is 9.59 Å². The average Bonchev–Trinajstić information content (AvgIpc) is 3.00. The van der Waals surface area contributed by atoms with Crippen molar-refractivity contribution in [1.29, 1.82) is 0 Å². The summed E-state index contributed by atoms with van der Waals surface area (Å²) in [6.07, 6.45) is 3.55. The molecule has 1 aromatic rings. The zero-order valence-corrected chi connectivity index (χ0v) is 12.9. The lowest BCUT2D eigenvalue weighted by Gasteiger charge is -2.24. The second-order valence-electron chi connectivity index (χ2n) is 6.09. The minimum absolute atomic E-state index is 0.0399. The predicted molar refractivity (Wildman–Crippen MR) is 84.8 cm³/mol. The summed E-state index contributed by atoms with van der Waals surface area (Å²) in [5.74, 6) is -0.202. The number of amides is 2. The van der Waals surface area contributed by atoms with Crippen LogP contribution in [0.4, 0.5) is 11.4 Å². The Balaban J connectivity index is 1.75. The Morgan fingerprint density at radius 3 is 3.00 bits per heavy atom. The summed E-state index contributed by atoms with van der Waals surface area (Å²) in [6, 6.07) is 7.48. The van der Waals surface area contributed by atoms with Crippen LogP contribution in [0.3, 0.4) is 0 Å². The van der Waals surface area contributed by atoms with Crippen molar-refractivity contribution in [2.45, 2.75) is 38.7 Å². The summed E-state index contributed by atoms with van der Waals surface area (Å²) in [5, 5.41) is 2.90. The maximum absolute atomic E-state index is 12.7. The Kier molecular flexibility index (Phi) is 4.43. The molecule has 118 valence electrons. The average molecular weight is 302 g/mol. The Hall–Kier alpha value is -1.88. The fourth-order valence-electron chi connectivity index (χ4n) is 3.05. The largest absolute Gasteiger partial charge is 0.378 e. The molecule has 1 N–H and O–H groups in total. The number of hydrogen-bond acceptors (Lipinski definition) is 3. The van der Waals surface area contributed by atoms with Crippen LogP contribution in [0.15, 0.2) is 24.3 Å². The quantitative estimate of drug-likeness (QED) is 0.933. The van der Waals surface area contributed by atoms with Gasteiger partial charge >= 0.3 is 0 Å². The van der Waals surface area contributed by atoms with Crippen molar-refractivity contribution in [2.75, 3.05) is 23.4 Å². The molecule has 0 bridgehead atoms. The molecule has 3 rings (SSSR count). The van der Waals surface area contributed by atoms with Crippen molar-refractivity contribution >= 4 is 23.2 Å². The number of carbonyl (C=O) groups excluding carboxylic acids is 2. The van der Waals surface area contributed by atoms with Crippen molar-refractivity contribution < 1.29 is 14.3 Å². The standard InChI is InChI=1S/C17H22N2O3/c1-12-11-19(16(20)9-8-13-5-4-10-22-13)15-7-3-2-6-14(15)18-17(12)21/h2-3,6-7,12-13H,4-5,8-11H2,1H3,(H,18,21)/t12-,13+/m0/s1. The lowest BCUT2D eigenvalue weighted by atomic mass is 10.1. The van der Waals surface area contributed by atoms with Crippen molar-refractivity contribution in [1.82, 2.24) is 0 Å². The van der Waals surface area contributed by atoms with E-state index in [1.807, 2.05) is 31.2 Å². The highest BCUT2D eigenvalue weighted by molar-refractivity contribution is 6.04. The molecule has 2 aliphatic rings. The Bertz CT molecular complexity index is 567. The van der Waals surface area contributed by atoms with Crippen LogP contribution in [0, 0.1) is 5.92 Å². The van der Waals surface area contributed by atoms with Crippen LogP contribution in [-0.2, 0) is 14.3 Å². The number of nitrogens with zero attached hydrogens (tertiary/aromatic N) is 1. The first-order valence-corrected chi connectivity index (χ1v) is 7.97. The van der Waals surface area contributed by atoms with Gasteiger partial charge in [0.1, 0.15) is 0 Å². The summed E-state index contributed by atoms with van der Waals surface area (Å²) in [5.41, 5.74) is 1.50. The maximum atomic E-state index is 12.7. The van der Waals surface area contributed by atoms with E-state index in [0.29, 0.717) is 18.7 Å². The summed E-state index contributed by atoms with van der Waals surface area (Å²) >= 11 is 0. The van der Waals surface area contributed by atoms with E-state index < -0.39 is 0 Å². The molecule has 0 radical (unpaired) electrons. The molecular weight excluding hydrogens is 280 g/mol. The Morgan fingerprint density at radius 2 is 2.23 bits per heavy atom. The molecule has 1 saturated heterocycles. The molecule has 5 heteroatoms. The first-order chi connectivity index (χ1) is 10.6. The van der Waals surface area contributed by atoms with Gasteiger partial charge in [0.2, 0.25) is 11.8 Å². The van der Waals surface area contributed by atoms with Crippen LogP contribution in [-0.4, -0.2) is 31.1 Å². The number of benzene rings is 1. The van der Waals surface area contributed by atoms with Gasteiger partial charge in [0.25, 0.3) is 0 Å². The number of nitrogens with one attached hydrogen (secondary N) is 1. The van der Waals surface area contributed by atoms with Gasteiger partial charge in [-0.25, -0.2) is 0 Å². The summed E-state index contributed by atoms with van der Waals surface area (Å²) in [6.45, 7) is 3.08. The fraction of sp³-hybridized carbons (Fsp3) is 0.529. The molecule has 0 saturated carbocycles. The van der Waals surface area contributed by atoms with Crippen LogP contribution >= 0.6 is 0 Å². The Morgan fingerprint density at radius 1 is 1.41 bits per heavy atom. The van der Waals surface area contributed by atoms with Gasteiger partial charge in [-0.15, -0.1) is 0 Å². The highest BCUT2D eigenvalue weighted by Gasteiger charge is 2.28. The topological polar surface area (TPSA) is 58.6 Å². The minimum atomic E-state index is -0.223. The number of hydrogen-bond donors (Lipinski definition) is 1. The molecule has 2 amide bonds. The van der Waals surface area contributed by atoms with E-state index in [0.717, 1.165) is 31.6 Å². The summed E-state index contributed by atoms with van der Waals surface area (Å²) < 4.78 is 5.59. The molecule has 0 unspecified atom stereocenters. The van der Waals surface area contributed by atoms with Crippen LogP contribution in [0.2, 0.25) is 0 Å². The number of ether oxygens (including phenoxy) is 1. The number of anilines is 2. The van der Waals surface area contributed by atoms with Gasteiger partial charge in [-0.05, 0) is 31.4 Å². The second kappa shape index (κ2) is 6.48. The van der Waals surface area contributed by atoms with Crippen LogP contribution < -0.4 is 10.2 Å². The second-order valence-corrected chi connectivity index (χ2v) is 6.09. The first kappa shape index (κ1) is 15.0. The monoisotopic (exact) mass is 302 g/mol. The third-order valence-corrected chi connectivity index (χ3v) is 4.36. The van der Waals surface area contributed by atoms with Crippen LogP contribution in [0.25, 0.3) is 0 Å². The molecule has 2 aliphatic heterocycles. The zero-order chi connectivity index (χ0) is 15.5. The van der Waals surface area contributed by atoms with Crippen molar-refractivity contribution in [3.63, 3.8) is 0 Å². The van der Waals surface area contributed by atoms with Gasteiger partial charge in [-0.1, -0.05) is 19.1 Å². The van der Waals surface area contributed by atoms with E-state index in [4.69, 9.17) is 4.74 Å². The van der Waals surface area contributed by atoms with E-state index in [9.17, 15) is 9.59 Å². The molecule has 0 aliphatic carbocycles. The molecule has 5 nitrogen and oxygen atoms in total. The maximum Gasteiger partial charge on any atom is 0.229 e. The predicted octanol–water partition coefficient (Wildman–Crippen LogP) is 2.57. The number of fused-ring (bicyclic) bond motifs is 1. The highest BCUT2D eigenvalue weighted by Crippen LogP contribution is 2.30. The van der Waals surface area contributed by atoms with Crippen molar-refractivity contribution in [2.24, 2.45) is 5.92 Å². The fourth-order valence-corrected chi connectivity index (χ4v) is 3.05. The van der Waals surface area contributed by atoms with E-state index in [1.54, 1.807) is 4.90 Å². The van der Waals surface area contributed by atoms with Crippen molar-refractivity contribution in [3.8, 4) is 0 Å². The first-order valence-electron chi connectivity index (χ1n) is 7.97. The molecule has 1 fully saturated rings. The smallest absolute Gasteiger partial charge is 0.229 e. The number of para-hydroxylation sites is 2. The lowest BCUT2D eigenvalue weighted by molar-refractivity contribution is -0.120. The number of rotatable bonds is 3. The van der Waals surface area contributed by atoms with E-state index in [2.05, 4.69) is 5.32 Å². The van der Waals surface area contributed by atoms with Gasteiger partial charge in [0.15, 0.2) is 0 Å². The van der Waals surface area contributed by atoms with Gasteiger partial charge in [-0.2, -0.15) is 0 Å². The summed E-state index contributed by atoms with van der Waals surface area (Å²) in [7, 11) is 0. The summed E-state index contributed by atoms with van der Waals surface area (Å²) in [4.78, 5) is 26.4. The molecule has 2 atom stereocenters. The molecule has 22 heavy (non-hydrogen) atoms. The van der Waals surface area contributed by atoms with Gasteiger partial charge < -0.3 is 15.0 Å². The molecule has 0 aromatic heterocycles. The zero-order valence-electron chi connectivity index (χ0n) is 12.9. The number of carbonyl (C=O) groups is 2. The van der Waals surface area contributed by atoms with E-state index >= 15 is 0 Å². The van der Waals surface area contributed by atoms with Crippen LogP contribution in [0.1, 0.15) is 32.6 Å². The van der Waals surface area contributed by atoms with Crippen molar-refractivity contribution in [3.05, 3.63) is 24.3 Å². The van der Waals surface area contributed by atoms with Gasteiger partial charge in [0, 0.05) is 19.6 Å². The molecule has 1 aromatic carbocycles. The van der Waals surface area contributed by atoms with E-state index in [1.165, 1.54) is 0 Å². The SMILES string of the molecule is C[C@H]1CN(C(=O)CC[C@H]2CCCO2)c2ccccc2NC1=O. The lowest BCUT2D eigenvalue weighted by Crippen LogP contribution is -2.36. The normalized spacial score (nSPS) is 24.6. The molecule has 0 spiro atoms. The molecular formula is C17H22N2O3. The Labute approximate surface area is 130 Å². The highest BCUT2D eigenvalue weighted by atomic mass is 16.5. The molecule has 2 heterocycles. The minimum Gasteiger partial charge on any atom is -0.378 e.